The molecule has 1 saturated carbocycles. The second-order valence-electron chi connectivity index (χ2n) is 9.26. The number of nitrogens with zero attached hydrogens (tertiary/aromatic N) is 3. The van der Waals surface area contributed by atoms with Crippen LogP contribution < -0.4 is 5.56 Å². The van der Waals surface area contributed by atoms with Crippen molar-refractivity contribution in [3.63, 3.8) is 0 Å². The minimum Gasteiger partial charge on any atom is -0.383 e. The van der Waals surface area contributed by atoms with E-state index in [0.717, 1.165) is 35.0 Å². The highest BCUT2D eigenvalue weighted by Crippen LogP contribution is 2.37. The Balaban J connectivity index is 1.40. The van der Waals surface area contributed by atoms with Crippen LogP contribution in [0.2, 0.25) is 0 Å². The van der Waals surface area contributed by atoms with Gasteiger partial charge in [-0.15, -0.1) is 11.3 Å². The number of amides is 1. The van der Waals surface area contributed by atoms with E-state index in [4.69, 9.17) is 9.72 Å². The van der Waals surface area contributed by atoms with Crippen LogP contribution in [0.4, 0.5) is 0 Å². The van der Waals surface area contributed by atoms with Crippen LogP contribution in [-0.2, 0) is 35.5 Å². The van der Waals surface area contributed by atoms with Gasteiger partial charge < -0.3 is 9.64 Å². The standard InChI is InChI=1S/C26H31N3O3S2/c1-17(19-11-12-19)29(15-18-7-4-3-5-8-18)22(30)16-33-26-27-24-23(20-9-6-10-21(20)34-24)25(31)28(26)13-14-32-2/h3-5,7-8,17,19H,6,9-16H2,1-2H3/t17-/m0/s1. The topological polar surface area (TPSA) is 64.4 Å². The van der Waals surface area contributed by atoms with Crippen molar-refractivity contribution < 1.29 is 9.53 Å². The predicted octanol–water partition coefficient (Wildman–Crippen LogP) is 4.51. The zero-order chi connectivity index (χ0) is 23.7. The van der Waals surface area contributed by atoms with E-state index >= 15 is 0 Å². The van der Waals surface area contributed by atoms with Crippen LogP contribution in [0.1, 0.15) is 42.2 Å². The number of aromatic nitrogens is 2. The van der Waals surface area contributed by atoms with Crippen molar-refractivity contribution in [3.05, 3.63) is 56.7 Å². The zero-order valence-corrected chi connectivity index (χ0v) is 21.4. The number of hydrogen-bond donors (Lipinski definition) is 0. The predicted molar refractivity (Wildman–Crippen MR) is 138 cm³/mol. The minimum atomic E-state index is 0.00360. The molecule has 2 aliphatic carbocycles. The summed E-state index contributed by atoms with van der Waals surface area (Å²) < 4.78 is 6.98. The summed E-state index contributed by atoms with van der Waals surface area (Å²) in [5.74, 6) is 0.940. The lowest BCUT2D eigenvalue weighted by atomic mass is 10.1. The molecule has 2 aromatic heterocycles. The number of hydrogen-bond acceptors (Lipinski definition) is 6. The van der Waals surface area contributed by atoms with Gasteiger partial charge in [0.15, 0.2) is 5.16 Å². The third-order valence-electron chi connectivity index (χ3n) is 6.95. The van der Waals surface area contributed by atoms with E-state index in [-0.39, 0.29) is 23.3 Å². The monoisotopic (exact) mass is 497 g/mol. The number of carbonyl (C=O) groups excluding carboxylic acids is 1. The Bertz CT molecular complexity index is 1230. The van der Waals surface area contributed by atoms with Gasteiger partial charge in [0, 0.05) is 24.6 Å². The fourth-order valence-electron chi connectivity index (χ4n) is 4.83. The Hall–Kier alpha value is -2.16. The van der Waals surface area contributed by atoms with E-state index < -0.39 is 0 Å². The van der Waals surface area contributed by atoms with Gasteiger partial charge in [0.25, 0.3) is 5.56 Å². The van der Waals surface area contributed by atoms with Crippen LogP contribution in [0, 0.1) is 5.92 Å². The molecule has 2 aliphatic rings. The van der Waals surface area contributed by atoms with Crippen molar-refractivity contribution in [2.24, 2.45) is 5.92 Å². The van der Waals surface area contributed by atoms with Crippen LogP contribution in [0.25, 0.3) is 10.2 Å². The molecule has 6 nitrogen and oxygen atoms in total. The molecule has 0 radical (unpaired) electrons. The summed E-state index contributed by atoms with van der Waals surface area (Å²) in [4.78, 5) is 35.9. The van der Waals surface area contributed by atoms with Gasteiger partial charge in [-0.2, -0.15) is 0 Å². The molecule has 3 aromatic rings. The van der Waals surface area contributed by atoms with E-state index in [1.54, 1.807) is 23.0 Å². The van der Waals surface area contributed by atoms with Crippen molar-refractivity contribution in [1.82, 2.24) is 14.5 Å². The van der Waals surface area contributed by atoms with Crippen LogP contribution in [-0.4, -0.2) is 45.9 Å². The second-order valence-corrected chi connectivity index (χ2v) is 11.3. The van der Waals surface area contributed by atoms with Gasteiger partial charge in [0.1, 0.15) is 4.83 Å². The number of thioether (sulfide) groups is 1. The number of ether oxygens (including phenoxy) is 1. The molecule has 0 bridgehead atoms. The van der Waals surface area contributed by atoms with E-state index in [1.165, 1.54) is 35.0 Å². The van der Waals surface area contributed by atoms with Crippen molar-refractivity contribution >= 4 is 39.2 Å². The Kier molecular flexibility index (Phi) is 7.09. The molecular formula is C26H31N3O3S2. The van der Waals surface area contributed by atoms with Crippen LogP contribution in [0.3, 0.4) is 0 Å². The molecule has 1 atom stereocenters. The lowest BCUT2D eigenvalue weighted by molar-refractivity contribution is -0.131. The molecule has 0 N–H and O–H groups in total. The molecule has 2 heterocycles. The molecule has 1 fully saturated rings. The zero-order valence-electron chi connectivity index (χ0n) is 19.8. The molecule has 0 saturated heterocycles. The minimum absolute atomic E-state index is 0.00360. The quantitative estimate of drug-likeness (QED) is 0.305. The average molecular weight is 498 g/mol. The van der Waals surface area contributed by atoms with Crippen molar-refractivity contribution in [2.75, 3.05) is 19.5 Å². The van der Waals surface area contributed by atoms with Crippen LogP contribution >= 0.6 is 23.1 Å². The van der Waals surface area contributed by atoms with E-state index in [2.05, 4.69) is 19.1 Å². The van der Waals surface area contributed by atoms with Crippen molar-refractivity contribution in [3.8, 4) is 0 Å². The Morgan fingerprint density at radius 3 is 2.82 bits per heavy atom. The first kappa shape index (κ1) is 23.6. The lowest BCUT2D eigenvalue weighted by Crippen LogP contribution is -2.40. The third-order valence-corrected chi connectivity index (χ3v) is 9.09. The van der Waals surface area contributed by atoms with Gasteiger partial charge in [0.05, 0.1) is 24.3 Å². The Morgan fingerprint density at radius 1 is 1.29 bits per heavy atom. The van der Waals surface area contributed by atoms with Gasteiger partial charge in [-0.3, -0.25) is 14.2 Å². The highest BCUT2D eigenvalue weighted by atomic mass is 32.2. The summed E-state index contributed by atoms with van der Waals surface area (Å²) in [5.41, 5.74) is 2.32. The number of fused-ring (bicyclic) bond motifs is 3. The molecule has 0 aliphatic heterocycles. The molecule has 1 amide bonds. The van der Waals surface area contributed by atoms with Crippen molar-refractivity contribution in [1.29, 1.82) is 0 Å². The molecule has 180 valence electrons. The van der Waals surface area contributed by atoms with Crippen LogP contribution in [0.5, 0.6) is 0 Å². The van der Waals surface area contributed by atoms with Gasteiger partial charge in [-0.05, 0) is 56.1 Å². The molecule has 5 rings (SSSR count). The maximum absolute atomic E-state index is 13.5. The van der Waals surface area contributed by atoms with Gasteiger partial charge >= 0.3 is 0 Å². The molecule has 0 unspecified atom stereocenters. The number of carbonyl (C=O) groups is 1. The molecule has 34 heavy (non-hydrogen) atoms. The summed E-state index contributed by atoms with van der Waals surface area (Å²) in [7, 11) is 1.64. The SMILES string of the molecule is COCCn1c(SCC(=O)N(Cc2ccccc2)[C@@H](C)C2CC2)nc2sc3c(c2c1=O)CCC3. The largest absolute Gasteiger partial charge is 0.383 e. The number of methoxy groups -OCH3 is 1. The number of rotatable bonds is 10. The maximum Gasteiger partial charge on any atom is 0.263 e. The second kappa shape index (κ2) is 10.2. The highest BCUT2D eigenvalue weighted by molar-refractivity contribution is 7.99. The fourth-order valence-corrected chi connectivity index (χ4v) is 7.04. The van der Waals surface area contributed by atoms with Gasteiger partial charge in [-0.1, -0.05) is 42.1 Å². The fraction of sp³-hybridized carbons (Fsp3) is 0.500. The molecule has 8 heteroatoms. The average Bonchev–Trinajstić information content (AvgIpc) is 3.50. The molecular weight excluding hydrogens is 466 g/mol. The summed E-state index contributed by atoms with van der Waals surface area (Å²) in [6, 6.07) is 10.4. The van der Waals surface area contributed by atoms with Gasteiger partial charge in [-0.25, -0.2) is 4.98 Å². The van der Waals surface area contributed by atoms with E-state index in [1.807, 2.05) is 23.1 Å². The smallest absolute Gasteiger partial charge is 0.263 e. The number of thiophene rings is 1. The highest BCUT2D eigenvalue weighted by Gasteiger charge is 2.34. The van der Waals surface area contributed by atoms with Gasteiger partial charge in [0.2, 0.25) is 5.91 Å². The third kappa shape index (κ3) is 4.81. The molecule has 1 aromatic carbocycles. The number of benzene rings is 1. The first-order chi connectivity index (χ1) is 16.6. The first-order valence-corrected chi connectivity index (χ1v) is 13.9. The summed E-state index contributed by atoms with van der Waals surface area (Å²) in [6.45, 7) is 3.64. The maximum atomic E-state index is 13.5. The number of aryl methyl sites for hydroxylation is 2. The van der Waals surface area contributed by atoms with Crippen LogP contribution in [0.15, 0.2) is 40.3 Å². The lowest BCUT2D eigenvalue weighted by Gasteiger charge is -2.29. The van der Waals surface area contributed by atoms with E-state index in [0.29, 0.717) is 30.8 Å². The summed E-state index contributed by atoms with van der Waals surface area (Å²) >= 11 is 3.02. The van der Waals surface area contributed by atoms with Crippen molar-refractivity contribution in [2.45, 2.75) is 63.3 Å². The summed E-state index contributed by atoms with van der Waals surface area (Å²) in [5, 5.41) is 1.39. The first-order valence-electron chi connectivity index (χ1n) is 12.1. The Morgan fingerprint density at radius 2 is 2.09 bits per heavy atom. The molecule has 0 spiro atoms. The van der Waals surface area contributed by atoms with E-state index in [9.17, 15) is 9.59 Å². The Labute approximate surface area is 208 Å². The normalized spacial score (nSPS) is 16.1. The summed E-state index contributed by atoms with van der Waals surface area (Å²) in [6.07, 6.45) is 5.46.